The van der Waals surface area contributed by atoms with Gasteiger partial charge in [0.2, 0.25) is 5.91 Å². The number of ether oxygens (including phenoxy) is 3. The van der Waals surface area contributed by atoms with Crippen LogP contribution in [0.2, 0.25) is 0 Å². The molecule has 1 aliphatic heterocycles. The van der Waals surface area contributed by atoms with Gasteiger partial charge in [0, 0.05) is 18.2 Å². The van der Waals surface area contributed by atoms with Gasteiger partial charge in [0.05, 0.1) is 26.9 Å². The summed E-state index contributed by atoms with van der Waals surface area (Å²) in [5, 5.41) is 0. The van der Waals surface area contributed by atoms with Gasteiger partial charge < -0.3 is 24.8 Å². The lowest BCUT2D eigenvalue weighted by Gasteiger charge is -2.45. The van der Waals surface area contributed by atoms with Gasteiger partial charge in [-0.05, 0) is 17.7 Å². The van der Waals surface area contributed by atoms with E-state index in [4.69, 9.17) is 24.8 Å². The normalized spacial score (nSPS) is 17.3. The van der Waals surface area contributed by atoms with E-state index < -0.39 is 29.9 Å². The van der Waals surface area contributed by atoms with E-state index in [-0.39, 0.29) is 19.8 Å². The first-order valence-corrected chi connectivity index (χ1v) is 9.83. The highest BCUT2D eigenvalue weighted by molar-refractivity contribution is 6.05. The second kappa shape index (κ2) is 10.5. The Morgan fingerprint density at radius 1 is 1.09 bits per heavy atom. The van der Waals surface area contributed by atoms with Crippen LogP contribution in [0, 0.1) is 5.92 Å². The number of benzene rings is 2. The maximum atomic E-state index is 12.8. The van der Waals surface area contributed by atoms with E-state index in [1.807, 2.05) is 30.3 Å². The quantitative estimate of drug-likeness (QED) is 0.322. The fourth-order valence-electron chi connectivity index (χ4n) is 3.43. The highest BCUT2D eigenvalue weighted by atomic mass is 16.7. The third-order valence-electron chi connectivity index (χ3n) is 5.10. The first kappa shape index (κ1) is 22.9. The van der Waals surface area contributed by atoms with Crippen LogP contribution >= 0.6 is 0 Å². The van der Waals surface area contributed by atoms with Crippen molar-refractivity contribution in [3.8, 4) is 11.5 Å². The number of likely N-dealkylation sites (tertiary alicyclic amines) is 1. The number of hydroxylamine groups is 1. The molecule has 2 atom stereocenters. The number of nitrogens with two attached hydrogens (primary N) is 1. The second-order valence-electron chi connectivity index (χ2n) is 7.06. The Hall–Kier alpha value is -3.79. The number of β-lactam (4-membered cyclic amide) rings is 1. The molecule has 1 aliphatic rings. The molecule has 3 N–H and O–H groups in total. The Morgan fingerprint density at radius 3 is 2.50 bits per heavy atom. The molecule has 3 rings (SSSR count). The molecule has 170 valence electrons. The average Bonchev–Trinajstić information content (AvgIpc) is 2.80. The number of amides is 3. The molecule has 2 aromatic rings. The summed E-state index contributed by atoms with van der Waals surface area (Å²) in [5.74, 6) is -1.01. The minimum absolute atomic E-state index is 0.142. The van der Waals surface area contributed by atoms with Crippen LogP contribution in [-0.4, -0.2) is 49.7 Å². The van der Waals surface area contributed by atoms with Crippen molar-refractivity contribution < 1.29 is 33.4 Å². The molecule has 0 aliphatic carbocycles. The number of hydrogen-bond acceptors (Lipinski definition) is 7. The van der Waals surface area contributed by atoms with Crippen molar-refractivity contribution in [2.75, 3.05) is 20.8 Å². The van der Waals surface area contributed by atoms with E-state index in [0.717, 1.165) is 5.56 Å². The van der Waals surface area contributed by atoms with Crippen molar-refractivity contribution in [3.63, 3.8) is 0 Å². The monoisotopic (exact) mass is 443 g/mol. The maximum absolute atomic E-state index is 12.8. The molecule has 0 bridgehead atoms. The van der Waals surface area contributed by atoms with Crippen molar-refractivity contribution in [1.29, 1.82) is 0 Å². The number of hydrogen-bond donors (Lipinski definition) is 2. The van der Waals surface area contributed by atoms with Crippen molar-refractivity contribution >= 4 is 17.9 Å². The van der Waals surface area contributed by atoms with E-state index in [1.54, 1.807) is 18.2 Å². The minimum Gasteiger partial charge on any atom is -0.497 e. The molecule has 10 heteroatoms. The molecule has 1 heterocycles. The lowest BCUT2D eigenvalue weighted by Crippen LogP contribution is -2.66. The molecular formula is C22H25N3O7. The summed E-state index contributed by atoms with van der Waals surface area (Å²) in [5.41, 5.74) is 8.93. The number of rotatable bonds is 10. The van der Waals surface area contributed by atoms with Crippen LogP contribution in [0.25, 0.3) is 0 Å². The molecular weight excluding hydrogens is 418 g/mol. The van der Waals surface area contributed by atoms with Crippen LogP contribution in [0.5, 0.6) is 11.5 Å². The Labute approximate surface area is 185 Å². The highest BCUT2D eigenvalue weighted by Crippen LogP contribution is 2.33. The summed E-state index contributed by atoms with van der Waals surface area (Å²) in [7, 11) is 3.04. The SMILES string of the molecule is COc1ccc(CN2C(=O)C(C(=O)NOCc3ccccc3)C2COC(N)=O)c(OC)c1. The largest absolute Gasteiger partial charge is 0.497 e. The lowest BCUT2D eigenvalue weighted by atomic mass is 9.86. The topological polar surface area (TPSA) is 129 Å². The van der Waals surface area contributed by atoms with Gasteiger partial charge in [-0.1, -0.05) is 30.3 Å². The highest BCUT2D eigenvalue weighted by Gasteiger charge is 2.52. The molecule has 2 unspecified atom stereocenters. The Morgan fingerprint density at radius 2 is 1.84 bits per heavy atom. The predicted octanol–water partition coefficient (Wildman–Crippen LogP) is 1.37. The van der Waals surface area contributed by atoms with Gasteiger partial charge in [0.15, 0.2) is 0 Å². The Balaban J connectivity index is 1.67. The summed E-state index contributed by atoms with van der Waals surface area (Å²) >= 11 is 0. The van der Waals surface area contributed by atoms with E-state index in [2.05, 4.69) is 5.48 Å². The van der Waals surface area contributed by atoms with Gasteiger partial charge in [-0.25, -0.2) is 10.3 Å². The fourth-order valence-corrected chi connectivity index (χ4v) is 3.43. The smallest absolute Gasteiger partial charge is 0.404 e. The van der Waals surface area contributed by atoms with Crippen LogP contribution in [-0.2, 0) is 32.3 Å². The molecule has 3 amide bonds. The molecule has 0 aromatic heterocycles. The van der Waals surface area contributed by atoms with E-state index in [9.17, 15) is 14.4 Å². The van der Waals surface area contributed by atoms with Gasteiger partial charge in [-0.15, -0.1) is 0 Å². The number of nitrogens with one attached hydrogen (secondary N) is 1. The van der Waals surface area contributed by atoms with Crippen LogP contribution in [0.15, 0.2) is 48.5 Å². The molecule has 1 saturated heterocycles. The summed E-state index contributed by atoms with van der Waals surface area (Å²) in [6.45, 7) is 0.0620. The van der Waals surface area contributed by atoms with Crippen LogP contribution < -0.4 is 20.7 Å². The zero-order valence-electron chi connectivity index (χ0n) is 17.8. The molecule has 10 nitrogen and oxygen atoms in total. The van der Waals surface area contributed by atoms with Crippen LogP contribution in [0.4, 0.5) is 4.79 Å². The van der Waals surface area contributed by atoms with Crippen molar-refractivity contribution in [1.82, 2.24) is 10.4 Å². The molecule has 1 fully saturated rings. The summed E-state index contributed by atoms with van der Waals surface area (Å²) < 4.78 is 15.4. The molecule has 0 saturated carbocycles. The molecule has 0 spiro atoms. The van der Waals surface area contributed by atoms with Crippen molar-refractivity contribution in [3.05, 3.63) is 59.7 Å². The summed E-state index contributed by atoms with van der Waals surface area (Å²) in [4.78, 5) is 43.1. The van der Waals surface area contributed by atoms with Crippen LogP contribution in [0.3, 0.4) is 0 Å². The number of primary amides is 1. The average molecular weight is 443 g/mol. The van der Waals surface area contributed by atoms with Gasteiger partial charge in [0.1, 0.15) is 24.0 Å². The van der Waals surface area contributed by atoms with E-state index >= 15 is 0 Å². The zero-order valence-corrected chi connectivity index (χ0v) is 17.8. The standard InChI is InChI=1S/C22H25N3O7/c1-29-16-9-8-15(18(10-16)30-2)11-25-17(13-31-22(23)28)19(21(25)27)20(26)24-32-12-14-6-4-3-5-7-14/h3-10,17,19H,11-13H2,1-2H3,(H2,23,28)(H,24,26). The predicted molar refractivity (Wildman–Crippen MR) is 112 cm³/mol. The number of methoxy groups -OCH3 is 2. The fraction of sp³-hybridized carbons (Fsp3) is 0.318. The minimum atomic E-state index is -1.07. The van der Waals surface area contributed by atoms with Gasteiger partial charge in [-0.2, -0.15) is 0 Å². The second-order valence-corrected chi connectivity index (χ2v) is 7.06. The van der Waals surface area contributed by atoms with Gasteiger partial charge >= 0.3 is 6.09 Å². The number of carbonyl (C=O) groups excluding carboxylic acids is 3. The van der Waals surface area contributed by atoms with Crippen molar-refractivity contribution in [2.24, 2.45) is 11.7 Å². The van der Waals surface area contributed by atoms with Crippen molar-refractivity contribution in [2.45, 2.75) is 19.2 Å². The summed E-state index contributed by atoms with van der Waals surface area (Å²) in [6.07, 6.45) is -0.995. The van der Waals surface area contributed by atoms with E-state index in [0.29, 0.717) is 17.1 Å². The third kappa shape index (κ3) is 5.27. The van der Waals surface area contributed by atoms with E-state index in [1.165, 1.54) is 19.1 Å². The first-order chi connectivity index (χ1) is 15.4. The molecule has 2 aromatic carbocycles. The number of carbonyl (C=O) groups is 3. The maximum Gasteiger partial charge on any atom is 0.404 e. The van der Waals surface area contributed by atoms with Crippen LogP contribution in [0.1, 0.15) is 11.1 Å². The molecule has 0 radical (unpaired) electrons. The molecule has 32 heavy (non-hydrogen) atoms. The Kier molecular flexibility index (Phi) is 7.50. The third-order valence-corrected chi connectivity index (χ3v) is 5.10. The zero-order chi connectivity index (χ0) is 23.1. The number of nitrogens with zero attached hydrogens (tertiary/aromatic N) is 1. The Bertz CT molecular complexity index is 967. The van der Waals surface area contributed by atoms with Gasteiger partial charge in [-0.3, -0.25) is 14.4 Å². The van der Waals surface area contributed by atoms with Gasteiger partial charge in [0.25, 0.3) is 5.91 Å². The summed E-state index contributed by atoms with van der Waals surface area (Å²) in [6, 6.07) is 13.7. The first-order valence-electron chi connectivity index (χ1n) is 9.83. The lowest BCUT2D eigenvalue weighted by molar-refractivity contribution is -0.171.